The zero-order valence-corrected chi connectivity index (χ0v) is 36.1. The van der Waals surface area contributed by atoms with Crippen LogP contribution in [0.3, 0.4) is 0 Å². The van der Waals surface area contributed by atoms with Gasteiger partial charge in [0.15, 0.2) is 0 Å². The molecule has 1 saturated carbocycles. The fourth-order valence-electron chi connectivity index (χ4n) is 6.19. The van der Waals surface area contributed by atoms with Gasteiger partial charge >= 0.3 is 30.4 Å². The van der Waals surface area contributed by atoms with E-state index in [1.807, 2.05) is 13.8 Å². The highest BCUT2D eigenvalue weighted by Crippen LogP contribution is 2.27. The van der Waals surface area contributed by atoms with E-state index >= 15 is 0 Å². The third-order valence-corrected chi connectivity index (χ3v) is 10.6. The van der Waals surface area contributed by atoms with Crippen LogP contribution in [0.15, 0.2) is 65.5 Å². The van der Waals surface area contributed by atoms with Gasteiger partial charge in [-0.1, -0.05) is 79.1 Å². The minimum atomic E-state index is -4.43. The van der Waals surface area contributed by atoms with E-state index in [4.69, 9.17) is 13.7 Å². The van der Waals surface area contributed by atoms with Crippen LogP contribution in [0.2, 0.25) is 0 Å². The lowest BCUT2D eigenvalue weighted by Gasteiger charge is -2.33. The zero-order valence-electron chi connectivity index (χ0n) is 33.7. The first kappa shape index (κ1) is 50.1. The number of amides is 3. The Kier molecular flexibility index (Phi) is 18.9. The molecular formula is C37H57N3O15S3. The SMILES string of the molecule is CC(C)(C)CC(C)(C)NC(=O)c1coc(S(=O)(=O)O)c1.CCCCCCCCNC(=O)c1coc(S(=O)(=O)O)c1.O=C(NC1CCCCC1)c1coc(S(=O)(=O)O)c1. The molecule has 4 rings (SSSR count). The molecule has 0 atom stereocenters. The Morgan fingerprint density at radius 2 is 1.05 bits per heavy atom. The lowest BCUT2D eigenvalue weighted by atomic mass is 9.81. The van der Waals surface area contributed by atoms with Crippen molar-refractivity contribution in [1.82, 2.24) is 16.0 Å². The lowest BCUT2D eigenvalue weighted by Crippen LogP contribution is -2.45. The molecule has 0 aromatic carbocycles. The topological polar surface area (TPSA) is 290 Å². The molecule has 3 heterocycles. The van der Waals surface area contributed by atoms with Gasteiger partial charge in [0.05, 0.1) is 16.7 Å². The molecular weight excluding hydrogens is 823 g/mol. The van der Waals surface area contributed by atoms with E-state index in [0.717, 1.165) is 88.4 Å². The number of carbonyl (C=O) groups is 3. The van der Waals surface area contributed by atoms with Crippen molar-refractivity contribution in [2.24, 2.45) is 5.41 Å². The number of unbranched alkanes of at least 4 members (excludes halogenated alkanes) is 5. The molecule has 328 valence electrons. The molecule has 3 aromatic rings. The lowest BCUT2D eigenvalue weighted by molar-refractivity contribution is 0.0887. The highest BCUT2D eigenvalue weighted by molar-refractivity contribution is 7.86. The number of carbonyl (C=O) groups excluding carboxylic acids is 3. The average Bonchev–Trinajstić information content (AvgIpc) is 3.89. The molecule has 3 aromatic heterocycles. The van der Waals surface area contributed by atoms with Gasteiger partial charge in [-0.2, -0.15) is 25.3 Å². The standard InChI is InChI=1S/2C13H21NO5S.C11H15NO5S/c1-12(2,3)8-13(4,5)14-11(15)9-6-10(19-7-9)20(16,17)18;1-2-3-4-5-6-7-8-14-13(15)11-9-12(19-10-11)20(16,17)18;13-11(12-9-4-2-1-3-5-9)8-6-10(17-7-8)18(14,15)16/h6-7H,8H2,1-5H3,(H,14,15)(H,16,17,18);9-10H,2-8H2,1H3,(H,14,15)(H,16,17,18);6-7,9H,1-5H2,(H,12,13)(H,14,15,16). The summed E-state index contributed by atoms with van der Waals surface area (Å²) in [6.07, 6.45) is 15.8. The maximum atomic E-state index is 12.0. The molecule has 1 aliphatic rings. The largest absolute Gasteiger partial charge is 0.450 e. The van der Waals surface area contributed by atoms with Gasteiger partial charge in [-0.15, -0.1) is 0 Å². The third-order valence-electron chi connectivity index (χ3n) is 8.46. The van der Waals surface area contributed by atoms with E-state index in [9.17, 15) is 39.6 Å². The van der Waals surface area contributed by atoms with Crippen molar-refractivity contribution in [3.05, 3.63) is 53.7 Å². The predicted octanol–water partition coefficient (Wildman–Crippen LogP) is 6.68. The van der Waals surface area contributed by atoms with Gasteiger partial charge in [0.25, 0.3) is 17.7 Å². The first-order chi connectivity index (χ1) is 26.7. The summed E-state index contributed by atoms with van der Waals surface area (Å²) in [7, 11) is -13.2. The highest BCUT2D eigenvalue weighted by Gasteiger charge is 2.29. The van der Waals surface area contributed by atoms with Crippen LogP contribution < -0.4 is 16.0 Å². The summed E-state index contributed by atoms with van der Waals surface area (Å²) < 4.78 is 105. The summed E-state index contributed by atoms with van der Waals surface area (Å²) in [4.78, 5) is 35.5. The minimum Gasteiger partial charge on any atom is -0.450 e. The van der Waals surface area contributed by atoms with Crippen molar-refractivity contribution in [2.75, 3.05) is 6.54 Å². The van der Waals surface area contributed by atoms with Gasteiger partial charge in [0, 0.05) is 36.3 Å². The molecule has 21 heteroatoms. The minimum absolute atomic E-state index is 0.0345. The van der Waals surface area contributed by atoms with Gasteiger partial charge < -0.3 is 29.2 Å². The molecule has 3 amide bonds. The number of nitrogens with one attached hydrogen (secondary N) is 3. The van der Waals surface area contributed by atoms with E-state index in [0.29, 0.717) is 6.54 Å². The quantitative estimate of drug-likeness (QED) is 0.0646. The molecule has 0 unspecified atom stereocenters. The number of hydrogen-bond donors (Lipinski definition) is 6. The zero-order chi connectivity index (χ0) is 44.0. The molecule has 0 spiro atoms. The van der Waals surface area contributed by atoms with Crippen molar-refractivity contribution in [3.63, 3.8) is 0 Å². The van der Waals surface area contributed by atoms with Crippen LogP contribution in [0.1, 0.15) is 150 Å². The molecule has 0 aliphatic heterocycles. The Morgan fingerprint density at radius 3 is 1.47 bits per heavy atom. The maximum absolute atomic E-state index is 12.0. The monoisotopic (exact) mass is 879 g/mol. The number of rotatable bonds is 16. The molecule has 0 saturated heterocycles. The maximum Gasteiger partial charge on any atom is 0.328 e. The summed E-state index contributed by atoms with van der Waals surface area (Å²) in [6, 6.07) is 3.16. The Morgan fingerprint density at radius 1 is 0.638 bits per heavy atom. The molecule has 58 heavy (non-hydrogen) atoms. The Balaban J connectivity index is 0.000000300. The Labute approximate surface area is 340 Å². The van der Waals surface area contributed by atoms with Crippen molar-refractivity contribution in [3.8, 4) is 0 Å². The smallest absolute Gasteiger partial charge is 0.328 e. The van der Waals surface area contributed by atoms with E-state index in [2.05, 4.69) is 56.9 Å². The van der Waals surface area contributed by atoms with Crippen LogP contribution in [0.25, 0.3) is 0 Å². The van der Waals surface area contributed by atoms with Gasteiger partial charge in [-0.05, 0) is 44.9 Å². The second-order valence-corrected chi connectivity index (χ2v) is 19.9. The first-order valence-electron chi connectivity index (χ1n) is 18.8. The van der Waals surface area contributed by atoms with Crippen LogP contribution in [0, 0.1) is 5.41 Å². The van der Waals surface area contributed by atoms with Crippen LogP contribution in [-0.4, -0.2) is 74.8 Å². The van der Waals surface area contributed by atoms with E-state index in [1.54, 1.807) is 0 Å². The van der Waals surface area contributed by atoms with Crippen LogP contribution in [0.4, 0.5) is 0 Å². The number of furan rings is 3. The van der Waals surface area contributed by atoms with Gasteiger partial charge in [0.2, 0.25) is 15.3 Å². The normalized spacial score (nSPS) is 14.0. The summed E-state index contributed by atoms with van der Waals surface area (Å²) >= 11 is 0. The third kappa shape index (κ3) is 18.7. The van der Waals surface area contributed by atoms with Gasteiger partial charge in [0.1, 0.15) is 18.8 Å². The van der Waals surface area contributed by atoms with Crippen LogP contribution >= 0.6 is 0 Å². The number of hydrogen-bond acceptors (Lipinski definition) is 12. The van der Waals surface area contributed by atoms with E-state index in [-0.39, 0.29) is 34.1 Å². The van der Waals surface area contributed by atoms with Crippen LogP contribution in [0.5, 0.6) is 0 Å². The average molecular weight is 880 g/mol. The van der Waals surface area contributed by atoms with Gasteiger partial charge in [-0.25, -0.2) is 0 Å². The molecule has 0 bridgehead atoms. The van der Waals surface area contributed by atoms with E-state index < -0.39 is 63.0 Å². The Hall–Kier alpha value is -4.02. The summed E-state index contributed by atoms with van der Waals surface area (Å²) in [5.41, 5.74) is -0.172. The van der Waals surface area contributed by atoms with Gasteiger partial charge in [-0.3, -0.25) is 28.0 Å². The Bertz CT molecular complexity index is 2120. The van der Waals surface area contributed by atoms with Crippen molar-refractivity contribution >= 4 is 48.1 Å². The summed E-state index contributed by atoms with van der Waals surface area (Å²) in [5.74, 6) is -1.23. The van der Waals surface area contributed by atoms with E-state index in [1.165, 1.54) is 25.7 Å². The molecule has 18 nitrogen and oxygen atoms in total. The predicted molar refractivity (Wildman–Crippen MR) is 211 cm³/mol. The molecule has 6 N–H and O–H groups in total. The van der Waals surface area contributed by atoms with Crippen molar-refractivity contribution in [1.29, 1.82) is 0 Å². The fraction of sp³-hybridized carbons (Fsp3) is 0.595. The highest BCUT2D eigenvalue weighted by atomic mass is 32.2. The van der Waals surface area contributed by atoms with Crippen LogP contribution in [-0.2, 0) is 30.4 Å². The first-order valence-corrected chi connectivity index (χ1v) is 23.1. The van der Waals surface area contributed by atoms with Crippen molar-refractivity contribution in [2.45, 2.75) is 145 Å². The molecule has 1 aliphatic carbocycles. The van der Waals surface area contributed by atoms with Crippen molar-refractivity contribution < 1.29 is 66.5 Å². The second kappa shape index (κ2) is 21.8. The summed E-state index contributed by atoms with van der Waals surface area (Å²) in [5, 5.41) is 6.44. The molecule has 0 radical (unpaired) electrons. The second-order valence-electron chi connectivity index (χ2n) is 15.8. The molecule has 1 fully saturated rings. The summed E-state index contributed by atoms with van der Waals surface area (Å²) in [6.45, 7) is 12.7. The fourth-order valence-corrected chi connectivity index (χ4v) is 7.52.